The number of carbonyl (C=O) groups is 1. The molecule has 4 nitrogen and oxygen atoms in total. The highest BCUT2D eigenvalue weighted by Crippen LogP contribution is 2.18. The predicted molar refractivity (Wildman–Crippen MR) is 87.1 cm³/mol. The van der Waals surface area contributed by atoms with Gasteiger partial charge in [-0.05, 0) is 34.3 Å². The Labute approximate surface area is 129 Å². The van der Waals surface area contributed by atoms with Gasteiger partial charge in [-0.25, -0.2) is 4.98 Å². The van der Waals surface area contributed by atoms with Crippen LogP contribution in [0.1, 0.15) is 49.9 Å². The van der Waals surface area contributed by atoms with E-state index in [2.05, 4.69) is 45.4 Å². The summed E-state index contributed by atoms with van der Waals surface area (Å²) >= 11 is 3.35. The number of pyridine rings is 1. The fourth-order valence-corrected chi connectivity index (χ4v) is 2.42. The number of hydrogen-bond donors (Lipinski definition) is 2. The molecule has 1 rings (SSSR count). The number of halogens is 1. The number of carbonyl (C=O) groups excluding carboxylic acids is 1. The number of anilines is 1. The van der Waals surface area contributed by atoms with Crippen molar-refractivity contribution < 1.29 is 4.79 Å². The second kappa shape index (κ2) is 8.95. The van der Waals surface area contributed by atoms with E-state index >= 15 is 0 Å². The van der Waals surface area contributed by atoms with Gasteiger partial charge in [0.2, 0.25) is 0 Å². The van der Waals surface area contributed by atoms with Crippen molar-refractivity contribution in [2.75, 3.05) is 18.9 Å². The second-order valence-corrected chi connectivity index (χ2v) is 5.84. The average molecular weight is 342 g/mol. The van der Waals surface area contributed by atoms with Crippen LogP contribution < -0.4 is 10.6 Å². The lowest BCUT2D eigenvalue weighted by atomic mass is 9.99. The van der Waals surface area contributed by atoms with E-state index in [9.17, 15) is 4.79 Å². The standard InChI is InChI=1S/C15H24BrN3O/c1-4-6-7-11(5-2)9-19-15(20)13-8-12(16)10-18-14(13)17-3/h8,10-11H,4-7,9H2,1-3H3,(H,17,18)(H,19,20). The van der Waals surface area contributed by atoms with E-state index in [4.69, 9.17) is 0 Å². The first-order valence-electron chi connectivity index (χ1n) is 7.23. The molecule has 2 N–H and O–H groups in total. The van der Waals surface area contributed by atoms with Crippen LogP contribution in [0.25, 0.3) is 0 Å². The number of nitrogens with zero attached hydrogens (tertiary/aromatic N) is 1. The molecule has 0 spiro atoms. The van der Waals surface area contributed by atoms with Crippen LogP contribution in [0.5, 0.6) is 0 Å². The maximum atomic E-state index is 12.3. The molecule has 0 radical (unpaired) electrons. The van der Waals surface area contributed by atoms with Crippen LogP contribution in [0.3, 0.4) is 0 Å². The van der Waals surface area contributed by atoms with Crippen LogP contribution >= 0.6 is 15.9 Å². The molecule has 0 aromatic carbocycles. The summed E-state index contributed by atoms with van der Waals surface area (Å²) in [7, 11) is 1.77. The van der Waals surface area contributed by atoms with Gasteiger partial charge in [-0.3, -0.25) is 4.79 Å². The maximum absolute atomic E-state index is 12.3. The van der Waals surface area contributed by atoms with Crippen molar-refractivity contribution in [1.82, 2.24) is 10.3 Å². The molecule has 1 heterocycles. The molecule has 5 heteroatoms. The first-order chi connectivity index (χ1) is 9.62. The van der Waals surface area contributed by atoms with Crippen molar-refractivity contribution in [3.05, 3.63) is 22.3 Å². The fourth-order valence-electron chi connectivity index (χ4n) is 2.09. The van der Waals surface area contributed by atoms with E-state index in [1.54, 1.807) is 19.3 Å². The number of aromatic nitrogens is 1. The topological polar surface area (TPSA) is 54.0 Å². The third-order valence-electron chi connectivity index (χ3n) is 3.43. The first kappa shape index (κ1) is 17.0. The third-order valence-corrected chi connectivity index (χ3v) is 3.86. The molecule has 1 unspecified atom stereocenters. The molecule has 0 saturated heterocycles. The van der Waals surface area contributed by atoms with Gasteiger partial charge in [0.05, 0.1) is 5.56 Å². The minimum absolute atomic E-state index is 0.0712. The molecule has 1 aromatic rings. The molecular formula is C15H24BrN3O. The van der Waals surface area contributed by atoms with E-state index in [0.29, 0.717) is 17.3 Å². The Bertz CT molecular complexity index is 437. The van der Waals surface area contributed by atoms with Gasteiger partial charge < -0.3 is 10.6 Å². The Balaban J connectivity index is 2.64. The van der Waals surface area contributed by atoms with Crippen molar-refractivity contribution in [2.24, 2.45) is 5.92 Å². The van der Waals surface area contributed by atoms with Gasteiger partial charge in [0.15, 0.2) is 0 Å². The van der Waals surface area contributed by atoms with E-state index in [0.717, 1.165) is 17.4 Å². The summed E-state index contributed by atoms with van der Waals surface area (Å²) in [6.07, 6.45) is 6.36. The van der Waals surface area contributed by atoms with Gasteiger partial charge in [-0.15, -0.1) is 0 Å². The number of nitrogens with one attached hydrogen (secondary N) is 2. The summed E-state index contributed by atoms with van der Waals surface area (Å²) in [4.78, 5) is 16.5. The van der Waals surface area contributed by atoms with Crippen LogP contribution in [0.2, 0.25) is 0 Å². The van der Waals surface area contributed by atoms with Crippen LogP contribution in [-0.4, -0.2) is 24.5 Å². The normalized spacial score (nSPS) is 12.0. The zero-order valence-electron chi connectivity index (χ0n) is 12.5. The lowest BCUT2D eigenvalue weighted by Gasteiger charge is -2.16. The first-order valence-corrected chi connectivity index (χ1v) is 8.03. The second-order valence-electron chi connectivity index (χ2n) is 4.93. The van der Waals surface area contributed by atoms with Crippen molar-refractivity contribution >= 4 is 27.7 Å². The molecule has 0 aliphatic carbocycles. The molecule has 20 heavy (non-hydrogen) atoms. The molecule has 1 aromatic heterocycles. The van der Waals surface area contributed by atoms with E-state index in [1.165, 1.54) is 19.3 Å². The van der Waals surface area contributed by atoms with Crippen molar-refractivity contribution in [3.8, 4) is 0 Å². The Morgan fingerprint density at radius 1 is 1.45 bits per heavy atom. The monoisotopic (exact) mass is 341 g/mol. The Kier molecular flexibility index (Phi) is 7.59. The average Bonchev–Trinajstić information content (AvgIpc) is 2.47. The van der Waals surface area contributed by atoms with E-state index in [-0.39, 0.29) is 5.91 Å². The highest BCUT2D eigenvalue weighted by Gasteiger charge is 2.14. The van der Waals surface area contributed by atoms with Crippen LogP contribution in [0.15, 0.2) is 16.7 Å². The molecule has 0 fully saturated rings. The van der Waals surface area contributed by atoms with Crippen LogP contribution in [-0.2, 0) is 0 Å². The summed E-state index contributed by atoms with van der Waals surface area (Å²) in [5.74, 6) is 1.09. The Morgan fingerprint density at radius 3 is 2.80 bits per heavy atom. The Morgan fingerprint density at radius 2 is 2.20 bits per heavy atom. The summed E-state index contributed by atoms with van der Waals surface area (Å²) in [6, 6.07) is 1.79. The minimum Gasteiger partial charge on any atom is -0.372 e. The third kappa shape index (κ3) is 5.12. The number of amides is 1. The maximum Gasteiger partial charge on any atom is 0.255 e. The van der Waals surface area contributed by atoms with Gasteiger partial charge in [-0.2, -0.15) is 0 Å². The molecule has 1 atom stereocenters. The van der Waals surface area contributed by atoms with Crippen molar-refractivity contribution in [2.45, 2.75) is 39.5 Å². The summed E-state index contributed by atoms with van der Waals surface area (Å²) in [5.41, 5.74) is 0.576. The molecule has 112 valence electrons. The van der Waals surface area contributed by atoms with Gasteiger partial charge in [-0.1, -0.05) is 33.1 Å². The quantitative estimate of drug-likeness (QED) is 0.755. The number of unbranched alkanes of at least 4 members (excludes halogenated alkanes) is 1. The van der Waals surface area contributed by atoms with Crippen LogP contribution in [0.4, 0.5) is 5.82 Å². The summed E-state index contributed by atoms with van der Waals surface area (Å²) in [6.45, 7) is 5.09. The minimum atomic E-state index is -0.0712. The lowest BCUT2D eigenvalue weighted by molar-refractivity contribution is 0.0946. The predicted octanol–water partition coefficient (Wildman–Crippen LogP) is 3.83. The smallest absolute Gasteiger partial charge is 0.255 e. The molecule has 0 aliphatic heterocycles. The Hall–Kier alpha value is -1.10. The molecule has 1 amide bonds. The largest absolute Gasteiger partial charge is 0.372 e. The van der Waals surface area contributed by atoms with Gasteiger partial charge in [0.1, 0.15) is 5.82 Å². The SMILES string of the molecule is CCCCC(CC)CNC(=O)c1cc(Br)cnc1NC. The number of hydrogen-bond acceptors (Lipinski definition) is 3. The van der Waals surface area contributed by atoms with Gasteiger partial charge in [0.25, 0.3) is 5.91 Å². The van der Waals surface area contributed by atoms with Crippen molar-refractivity contribution in [1.29, 1.82) is 0 Å². The van der Waals surface area contributed by atoms with E-state index in [1.807, 2.05) is 0 Å². The zero-order valence-corrected chi connectivity index (χ0v) is 14.1. The lowest BCUT2D eigenvalue weighted by Crippen LogP contribution is -2.29. The van der Waals surface area contributed by atoms with Gasteiger partial charge in [0, 0.05) is 24.3 Å². The molecular weight excluding hydrogens is 318 g/mol. The highest BCUT2D eigenvalue weighted by molar-refractivity contribution is 9.10. The van der Waals surface area contributed by atoms with Gasteiger partial charge >= 0.3 is 0 Å². The van der Waals surface area contributed by atoms with Crippen LogP contribution in [0, 0.1) is 5.92 Å². The molecule has 0 bridgehead atoms. The zero-order chi connectivity index (χ0) is 15.0. The summed E-state index contributed by atoms with van der Waals surface area (Å²) in [5, 5.41) is 5.97. The van der Waals surface area contributed by atoms with Crippen molar-refractivity contribution in [3.63, 3.8) is 0 Å². The highest BCUT2D eigenvalue weighted by atomic mass is 79.9. The fraction of sp³-hybridized carbons (Fsp3) is 0.600. The summed E-state index contributed by atoms with van der Waals surface area (Å²) < 4.78 is 0.805. The molecule has 0 aliphatic rings. The van der Waals surface area contributed by atoms with E-state index < -0.39 is 0 Å². The number of rotatable bonds is 8. The molecule has 0 saturated carbocycles.